The van der Waals surface area contributed by atoms with Crippen molar-refractivity contribution in [3.05, 3.63) is 114 Å². The molecular formula is C30H28N2O4S. The quantitative estimate of drug-likeness (QED) is 0.228. The van der Waals surface area contributed by atoms with Crippen molar-refractivity contribution in [1.29, 1.82) is 0 Å². The fourth-order valence-electron chi connectivity index (χ4n) is 3.65. The van der Waals surface area contributed by atoms with Gasteiger partial charge >= 0.3 is 0 Å². The van der Waals surface area contributed by atoms with E-state index in [0.29, 0.717) is 35.0 Å². The van der Waals surface area contributed by atoms with Gasteiger partial charge < -0.3 is 20.1 Å². The minimum absolute atomic E-state index is 0.153. The first-order valence-corrected chi connectivity index (χ1v) is 12.7. The van der Waals surface area contributed by atoms with Gasteiger partial charge in [0.1, 0.15) is 16.7 Å². The van der Waals surface area contributed by atoms with E-state index >= 15 is 0 Å². The second-order valence-corrected chi connectivity index (χ2v) is 9.21. The Kier molecular flexibility index (Phi) is 8.84. The number of methoxy groups -OCH3 is 1. The van der Waals surface area contributed by atoms with E-state index in [4.69, 9.17) is 9.47 Å². The minimum Gasteiger partial charge on any atom is -0.497 e. The van der Waals surface area contributed by atoms with Crippen molar-refractivity contribution in [2.45, 2.75) is 17.1 Å². The zero-order valence-corrected chi connectivity index (χ0v) is 21.5. The van der Waals surface area contributed by atoms with E-state index in [1.165, 1.54) is 11.8 Å². The molecular weight excluding hydrogens is 484 g/mol. The van der Waals surface area contributed by atoms with Gasteiger partial charge in [0.15, 0.2) is 0 Å². The molecule has 0 fully saturated rings. The molecule has 0 saturated carbocycles. The van der Waals surface area contributed by atoms with E-state index in [0.717, 1.165) is 10.5 Å². The first-order chi connectivity index (χ1) is 18.1. The van der Waals surface area contributed by atoms with Crippen LogP contribution in [0.2, 0.25) is 0 Å². The van der Waals surface area contributed by atoms with Crippen LogP contribution in [0.4, 0.5) is 11.4 Å². The average Bonchev–Trinajstić information content (AvgIpc) is 2.94. The summed E-state index contributed by atoms with van der Waals surface area (Å²) in [6.45, 7) is 2.41. The van der Waals surface area contributed by atoms with Crippen molar-refractivity contribution in [3.63, 3.8) is 0 Å². The maximum absolute atomic E-state index is 13.4. The molecule has 0 aromatic heterocycles. The van der Waals surface area contributed by atoms with Crippen LogP contribution in [0.1, 0.15) is 28.1 Å². The van der Waals surface area contributed by atoms with Crippen molar-refractivity contribution in [2.24, 2.45) is 0 Å². The molecule has 0 heterocycles. The number of rotatable bonds is 10. The van der Waals surface area contributed by atoms with Gasteiger partial charge in [-0.05, 0) is 73.2 Å². The molecule has 1 unspecified atom stereocenters. The van der Waals surface area contributed by atoms with Crippen molar-refractivity contribution >= 4 is 35.0 Å². The number of ether oxygens (including phenoxy) is 2. The highest BCUT2D eigenvalue weighted by molar-refractivity contribution is 8.00. The molecule has 0 saturated heterocycles. The van der Waals surface area contributed by atoms with E-state index in [9.17, 15) is 9.59 Å². The zero-order chi connectivity index (χ0) is 26.0. The molecule has 0 aliphatic heterocycles. The second-order valence-electron chi connectivity index (χ2n) is 8.03. The second kappa shape index (κ2) is 12.6. The third-order valence-electron chi connectivity index (χ3n) is 5.50. The number of anilines is 2. The van der Waals surface area contributed by atoms with E-state index in [1.54, 1.807) is 31.4 Å². The van der Waals surface area contributed by atoms with Crippen LogP contribution in [0.15, 0.2) is 108 Å². The van der Waals surface area contributed by atoms with E-state index in [1.807, 2.05) is 85.8 Å². The maximum atomic E-state index is 13.4. The van der Waals surface area contributed by atoms with Gasteiger partial charge in [-0.15, -0.1) is 11.8 Å². The maximum Gasteiger partial charge on any atom is 0.255 e. The number of amides is 2. The van der Waals surface area contributed by atoms with Crippen LogP contribution >= 0.6 is 11.8 Å². The van der Waals surface area contributed by atoms with E-state index in [2.05, 4.69) is 10.6 Å². The number of nitrogens with one attached hydrogen (secondary N) is 2. The van der Waals surface area contributed by atoms with Gasteiger partial charge in [-0.1, -0.05) is 42.5 Å². The fourth-order valence-corrected chi connectivity index (χ4v) is 4.67. The van der Waals surface area contributed by atoms with E-state index < -0.39 is 5.25 Å². The molecule has 0 aliphatic rings. The lowest BCUT2D eigenvalue weighted by Crippen LogP contribution is -2.19. The minimum atomic E-state index is -0.490. The Morgan fingerprint density at radius 3 is 2.16 bits per heavy atom. The third kappa shape index (κ3) is 6.92. The lowest BCUT2D eigenvalue weighted by Gasteiger charge is -2.19. The number of benzene rings is 4. The Hall–Kier alpha value is -4.23. The topological polar surface area (TPSA) is 76.7 Å². The highest BCUT2D eigenvalue weighted by Gasteiger charge is 2.23. The summed E-state index contributed by atoms with van der Waals surface area (Å²) in [5.74, 6) is 0.959. The van der Waals surface area contributed by atoms with Crippen LogP contribution in [0.3, 0.4) is 0 Å². The zero-order valence-electron chi connectivity index (χ0n) is 20.6. The summed E-state index contributed by atoms with van der Waals surface area (Å²) in [6, 6.07) is 31.4. The van der Waals surface area contributed by atoms with Crippen LogP contribution in [-0.2, 0) is 4.79 Å². The van der Waals surface area contributed by atoms with Crippen LogP contribution in [0.25, 0.3) is 0 Å². The van der Waals surface area contributed by atoms with Crippen molar-refractivity contribution in [1.82, 2.24) is 0 Å². The molecule has 7 heteroatoms. The predicted octanol–water partition coefficient (Wildman–Crippen LogP) is 6.82. The summed E-state index contributed by atoms with van der Waals surface area (Å²) in [5, 5.41) is 5.44. The van der Waals surface area contributed by atoms with Gasteiger partial charge in [0.25, 0.3) is 5.91 Å². The number of thioether (sulfide) groups is 1. The summed E-state index contributed by atoms with van der Waals surface area (Å²) in [7, 11) is 1.58. The van der Waals surface area contributed by atoms with Crippen molar-refractivity contribution < 1.29 is 19.1 Å². The largest absolute Gasteiger partial charge is 0.497 e. The van der Waals surface area contributed by atoms with Crippen molar-refractivity contribution in [3.8, 4) is 11.5 Å². The molecule has 4 aromatic rings. The Bertz CT molecular complexity index is 1330. The van der Waals surface area contributed by atoms with Gasteiger partial charge in [0, 0.05) is 16.1 Å². The van der Waals surface area contributed by atoms with Gasteiger partial charge in [-0.2, -0.15) is 0 Å². The smallest absolute Gasteiger partial charge is 0.255 e. The first kappa shape index (κ1) is 25.9. The monoisotopic (exact) mass is 512 g/mol. The summed E-state index contributed by atoms with van der Waals surface area (Å²) in [6.07, 6.45) is 0. The molecule has 188 valence electrons. The number of carbonyl (C=O) groups is 2. The van der Waals surface area contributed by atoms with E-state index in [-0.39, 0.29) is 11.8 Å². The lowest BCUT2D eigenvalue weighted by atomic mass is 10.1. The highest BCUT2D eigenvalue weighted by atomic mass is 32.2. The van der Waals surface area contributed by atoms with Gasteiger partial charge in [0.2, 0.25) is 5.91 Å². The summed E-state index contributed by atoms with van der Waals surface area (Å²) >= 11 is 1.44. The SMILES string of the molecule is CCOc1ccccc1NC(=O)C(Sc1ccc(NC(=O)c2ccc(OC)cc2)cc1)c1ccccc1. The van der Waals surface area contributed by atoms with Crippen LogP contribution < -0.4 is 20.1 Å². The van der Waals surface area contributed by atoms with Crippen molar-refractivity contribution in [2.75, 3.05) is 24.4 Å². The number of hydrogen-bond donors (Lipinski definition) is 2. The van der Waals surface area contributed by atoms with Gasteiger partial charge in [-0.25, -0.2) is 0 Å². The molecule has 0 spiro atoms. The fraction of sp³-hybridized carbons (Fsp3) is 0.133. The number of carbonyl (C=O) groups excluding carboxylic acids is 2. The Labute approximate surface area is 221 Å². The molecule has 4 rings (SSSR count). The summed E-state index contributed by atoms with van der Waals surface area (Å²) in [4.78, 5) is 26.9. The molecule has 6 nitrogen and oxygen atoms in total. The molecule has 37 heavy (non-hydrogen) atoms. The predicted molar refractivity (Wildman–Crippen MR) is 149 cm³/mol. The molecule has 2 amide bonds. The number of para-hydroxylation sites is 2. The Morgan fingerprint density at radius 2 is 1.49 bits per heavy atom. The van der Waals surface area contributed by atoms with Gasteiger partial charge in [-0.3, -0.25) is 9.59 Å². The first-order valence-electron chi connectivity index (χ1n) is 11.9. The molecule has 0 radical (unpaired) electrons. The molecule has 0 bridgehead atoms. The Morgan fingerprint density at radius 1 is 0.811 bits per heavy atom. The summed E-state index contributed by atoms with van der Waals surface area (Å²) in [5.41, 5.74) is 2.71. The molecule has 1 atom stereocenters. The normalized spacial score (nSPS) is 11.3. The molecule has 2 N–H and O–H groups in total. The third-order valence-corrected chi connectivity index (χ3v) is 6.77. The lowest BCUT2D eigenvalue weighted by molar-refractivity contribution is -0.115. The number of hydrogen-bond acceptors (Lipinski definition) is 5. The highest BCUT2D eigenvalue weighted by Crippen LogP contribution is 2.37. The van der Waals surface area contributed by atoms with Gasteiger partial charge in [0.05, 0.1) is 19.4 Å². The Balaban J connectivity index is 1.48. The summed E-state index contributed by atoms with van der Waals surface area (Å²) < 4.78 is 10.8. The van der Waals surface area contributed by atoms with Crippen LogP contribution in [0, 0.1) is 0 Å². The average molecular weight is 513 g/mol. The van der Waals surface area contributed by atoms with Crippen LogP contribution in [0.5, 0.6) is 11.5 Å². The van der Waals surface area contributed by atoms with Crippen LogP contribution in [-0.4, -0.2) is 25.5 Å². The standard InChI is InChI=1S/C30H28N2O4S/c1-3-36-27-12-8-7-11-26(27)32-30(34)28(21-9-5-4-6-10-21)37-25-19-15-23(16-20-25)31-29(33)22-13-17-24(35-2)18-14-22/h4-20,28H,3H2,1-2H3,(H,31,33)(H,32,34). The molecule has 0 aliphatic carbocycles. The molecule has 4 aromatic carbocycles.